The Morgan fingerprint density at radius 1 is 0.931 bits per heavy atom. The Kier molecular flexibility index (Phi) is 6.56. The number of rotatable bonds is 9. The van der Waals surface area contributed by atoms with Gasteiger partial charge in [0.25, 0.3) is 0 Å². The van der Waals surface area contributed by atoms with Gasteiger partial charge in [-0.25, -0.2) is 0 Å². The third kappa shape index (κ3) is 4.35. The molecule has 0 saturated carbocycles. The summed E-state index contributed by atoms with van der Waals surface area (Å²) in [5.41, 5.74) is 5.44. The van der Waals surface area contributed by atoms with Gasteiger partial charge in [0.05, 0.1) is 12.3 Å². The lowest BCUT2D eigenvalue weighted by Gasteiger charge is -2.16. The molecule has 154 valence electrons. The third-order valence-corrected chi connectivity index (χ3v) is 6.14. The summed E-state index contributed by atoms with van der Waals surface area (Å²) in [5, 5.41) is 1.39. The number of benzene rings is 2. The molecule has 1 aliphatic rings. The Balaban J connectivity index is 1.54. The van der Waals surface area contributed by atoms with E-state index in [1.54, 1.807) is 0 Å². The molecule has 0 amide bonds. The number of hydrogen-bond acceptors (Lipinski definition) is 2. The van der Waals surface area contributed by atoms with Crippen LogP contribution in [0.25, 0.3) is 22.2 Å². The number of para-hydroxylation sites is 2. The number of unbranched alkanes of at least 4 members (excludes halogenated alkanes) is 3. The highest BCUT2D eigenvalue weighted by Crippen LogP contribution is 2.40. The normalized spacial score (nSPS) is 13.2. The standard InChI is InChI=1S/C26H34N2O/c1-3-4-17-27(2)18-10-5-11-19-28-24-14-8-6-12-21(24)22-16-20-29-25-15-9-7-13-23(25)26(22)28/h6-9,12-15H,3-5,10-11,16-20H2,1-2H3. The van der Waals surface area contributed by atoms with E-state index in [2.05, 4.69) is 72.0 Å². The van der Waals surface area contributed by atoms with Crippen LogP contribution < -0.4 is 4.74 Å². The zero-order valence-electron chi connectivity index (χ0n) is 18.0. The average molecular weight is 391 g/mol. The number of nitrogens with zero attached hydrogens (tertiary/aromatic N) is 2. The number of aromatic nitrogens is 1. The zero-order chi connectivity index (χ0) is 20.1. The average Bonchev–Trinajstić information content (AvgIpc) is 2.93. The van der Waals surface area contributed by atoms with Crippen LogP contribution in [0.5, 0.6) is 5.75 Å². The van der Waals surface area contributed by atoms with Crippen LogP contribution in [-0.2, 0) is 13.0 Å². The van der Waals surface area contributed by atoms with Gasteiger partial charge in [-0.05, 0) is 63.2 Å². The van der Waals surface area contributed by atoms with Gasteiger partial charge in [0, 0.05) is 29.4 Å². The minimum absolute atomic E-state index is 0.752. The molecular formula is C26H34N2O. The van der Waals surface area contributed by atoms with E-state index < -0.39 is 0 Å². The van der Waals surface area contributed by atoms with Gasteiger partial charge in [0.2, 0.25) is 0 Å². The molecule has 0 N–H and O–H groups in total. The molecule has 2 heterocycles. The Labute approximate surface area is 175 Å². The molecule has 29 heavy (non-hydrogen) atoms. The molecule has 0 atom stereocenters. The van der Waals surface area contributed by atoms with E-state index in [-0.39, 0.29) is 0 Å². The van der Waals surface area contributed by atoms with Crippen molar-refractivity contribution >= 4 is 10.9 Å². The topological polar surface area (TPSA) is 17.4 Å². The lowest BCUT2D eigenvalue weighted by molar-refractivity contribution is 0.318. The lowest BCUT2D eigenvalue weighted by atomic mass is 10.0. The van der Waals surface area contributed by atoms with Crippen molar-refractivity contribution in [2.75, 3.05) is 26.7 Å². The fourth-order valence-electron chi connectivity index (χ4n) is 4.59. The van der Waals surface area contributed by atoms with Crippen molar-refractivity contribution in [2.45, 2.75) is 52.0 Å². The SMILES string of the molecule is CCCCN(C)CCCCCn1c2c(c3ccccc31)CCOc1ccccc1-2. The minimum Gasteiger partial charge on any atom is -0.493 e. The first-order valence-corrected chi connectivity index (χ1v) is 11.3. The van der Waals surface area contributed by atoms with Crippen molar-refractivity contribution in [3.05, 3.63) is 54.1 Å². The molecule has 0 aliphatic carbocycles. The molecule has 0 fully saturated rings. The number of ether oxygens (including phenoxy) is 1. The quantitative estimate of drug-likeness (QED) is 0.408. The summed E-state index contributed by atoms with van der Waals surface area (Å²) in [6.45, 7) is 6.52. The molecule has 3 aromatic rings. The molecule has 3 nitrogen and oxygen atoms in total. The van der Waals surface area contributed by atoms with Crippen LogP contribution in [0.1, 0.15) is 44.6 Å². The molecule has 3 heteroatoms. The lowest BCUT2D eigenvalue weighted by Crippen LogP contribution is -2.20. The number of fused-ring (bicyclic) bond motifs is 5. The van der Waals surface area contributed by atoms with Crippen LogP contribution >= 0.6 is 0 Å². The predicted molar refractivity (Wildman–Crippen MR) is 123 cm³/mol. The summed E-state index contributed by atoms with van der Waals surface area (Å²) in [5.74, 6) is 1.02. The highest BCUT2D eigenvalue weighted by Gasteiger charge is 2.23. The van der Waals surface area contributed by atoms with Crippen molar-refractivity contribution in [1.29, 1.82) is 0 Å². The Hall–Kier alpha value is -2.26. The maximum atomic E-state index is 6.08. The van der Waals surface area contributed by atoms with E-state index >= 15 is 0 Å². The number of aryl methyl sites for hydroxylation is 1. The molecule has 0 spiro atoms. The van der Waals surface area contributed by atoms with E-state index in [0.717, 1.165) is 25.3 Å². The summed E-state index contributed by atoms with van der Waals surface area (Å²) in [4.78, 5) is 2.48. The van der Waals surface area contributed by atoms with E-state index in [4.69, 9.17) is 4.74 Å². The molecule has 2 aromatic carbocycles. The van der Waals surface area contributed by atoms with Crippen LogP contribution in [0.4, 0.5) is 0 Å². The Morgan fingerprint density at radius 3 is 2.62 bits per heavy atom. The van der Waals surface area contributed by atoms with Gasteiger partial charge in [-0.1, -0.05) is 50.1 Å². The van der Waals surface area contributed by atoms with Crippen molar-refractivity contribution < 1.29 is 4.74 Å². The van der Waals surface area contributed by atoms with Gasteiger partial charge in [-0.2, -0.15) is 0 Å². The van der Waals surface area contributed by atoms with Crippen LogP contribution in [0.15, 0.2) is 48.5 Å². The minimum atomic E-state index is 0.752. The Morgan fingerprint density at radius 2 is 1.72 bits per heavy atom. The molecular weight excluding hydrogens is 356 g/mol. The fourth-order valence-corrected chi connectivity index (χ4v) is 4.59. The van der Waals surface area contributed by atoms with Gasteiger partial charge >= 0.3 is 0 Å². The zero-order valence-corrected chi connectivity index (χ0v) is 18.0. The fraction of sp³-hybridized carbons (Fsp3) is 0.462. The first-order valence-electron chi connectivity index (χ1n) is 11.3. The summed E-state index contributed by atoms with van der Waals surface area (Å²) in [6, 6.07) is 17.4. The highest BCUT2D eigenvalue weighted by atomic mass is 16.5. The molecule has 1 aromatic heterocycles. The molecule has 0 unspecified atom stereocenters. The summed E-state index contributed by atoms with van der Waals surface area (Å²) < 4.78 is 8.63. The van der Waals surface area contributed by atoms with Crippen molar-refractivity contribution in [1.82, 2.24) is 9.47 Å². The van der Waals surface area contributed by atoms with Gasteiger partial charge in [0.1, 0.15) is 5.75 Å². The molecule has 4 rings (SSSR count). The van der Waals surface area contributed by atoms with E-state index in [1.807, 2.05) is 0 Å². The highest BCUT2D eigenvalue weighted by molar-refractivity contribution is 5.93. The van der Waals surface area contributed by atoms with E-state index in [9.17, 15) is 0 Å². The summed E-state index contributed by atoms with van der Waals surface area (Å²) in [7, 11) is 2.26. The van der Waals surface area contributed by atoms with Gasteiger partial charge in [0.15, 0.2) is 0 Å². The maximum absolute atomic E-state index is 6.08. The summed E-state index contributed by atoms with van der Waals surface area (Å²) >= 11 is 0. The van der Waals surface area contributed by atoms with Crippen LogP contribution in [0, 0.1) is 0 Å². The molecule has 1 aliphatic heterocycles. The number of hydrogen-bond donors (Lipinski definition) is 0. The maximum Gasteiger partial charge on any atom is 0.128 e. The van der Waals surface area contributed by atoms with Gasteiger partial charge in [-0.3, -0.25) is 0 Å². The first-order chi connectivity index (χ1) is 14.3. The second-order valence-corrected chi connectivity index (χ2v) is 8.31. The van der Waals surface area contributed by atoms with Gasteiger partial charge < -0.3 is 14.2 Å². The van der Waals surface area contributed by atoms with E-state index in [0.29, 0.717) is 0 Å². The second-order valence-electron chi connectivity index (χ2n) is 8.31. The Bertz CT molecular complexity index is 943. The molecule has 0 bridgehead atoms. The van der Waals surface area contributed by atoms with Crippen molar-refractivity contribution in [3.8, 4) is 17.0 Å². The summed E-state index contributed by atoms with van der Waals surface area (Å²) in [6.07, 6.45) is 7.33. The van der Waals surface area contributed by atoms with E-state index in [1.165, 1.54) is 72.9 Å². The smallest absolute Gasteiger partial charge is 0.128 e. The molecule has 0 radical (unpaired) electrons. The van der Waals surface area contributed by atoms with Crippen molar-refractivity contribution in [3.63, 3.8) is 0 Å². The van der Waals surface area contributed by atoms with Crippen LogP contribution in [0.2, 0.25) is 0 Å². The second kappa shape index (κ2) is 9.49. The van der Waals surface area contributed by atoms with Gasteiger partial charge in [-0.15, -0.1) is 0 Å². The third-order valence-electron chi connectivity index (χ3n) is 6.14. The largest absolute Gasteiger partial charge is 0.493 e. The molecule has 0 saturated heterocycles. The first kappa shape index (κ1) is 20.0. The monoisotopic (exact) mass is 390 g/mol. The van der Waals surface area contributed by atoms with Crippen molar-refractivity contribution in [2.24, 2.45) is 0 Å². The predicted octanol–water partition coefficient (Wildman–Crippen LogP) is 6.15. The van der Waals surface area contributed by atoms with Crippen LogP contribution in [0.3, 0.4) is 0 Å². The van der Waals surface area contributed by atoms with Crippen LogP contribution in [-0.4, -0.2) is 36.2 Å².